The molecule has 1 fully saturated rings. The zero-order valence-electron chi connectivity index (χ0n) is 10.8. The van der Waals surface area contributed by atoms with Gasteiger partial charge in [0, 0.05) is 21.1 Å². The van der Waals surface area contributed by atoms with Gasteiger partial charge in [0.1, 0.15) is 4.88 Å². The lowest BCUT2D eigenvalue weighted by atomic mass is 10.1. The van der Waals surface area contributed by atoms with Gasteiger partial charge in [-0.2, -0.15) is 11.8 Å². The lowest BCUT2D eigenvalue weighted by Crippen LogP contribution is -2.29. The molecule has 0 saturated carbocycles. The topological polar surface area (TPSA) is 55.1 Å². The molecule has 1 aromatic heterocycles. The fourth-order valence-electron chi connectivity index (χ4n) is 2.32. The fraction of sp³-hybridized carbons (Fsp3) is 0.357. The maximum absolute atomic E-state index is 12.3. The quantitative estimate of drug-likeness (QED) is 0.865. The van der Waals surface area contributed by atoms with Gasteiger partial charge in [0.05, 0.1) is 5.69 Å². The number of rotatable bonds is 3. The van der Waals surface area contributed by atoms with Crippen LogP contribution in [0, 0.1) is 5.92 Å². The van der Waals surface area contributed by atoms with E-state index in [4.69, 9.17) is 5.73 Å². The molecule has 0 radical (unpaired) electrons. The Morgan fingerprint density at radius 3 is 3.10 bits per heavy atom. The highest BCUT2D eigenvalue weighted by atomic mass is 79.9. The van der Waals surface area contributed by atoms with Crippen LogP contribution in [-0.4, -0.2) is 24.0 Å². The van der Waals surface area contributed by atoms with Gasteiger partial charge in [-0.3, -0.25) is 4.79 Å². The molecule has 1 saturated heterocycles. The van der Waals surface area contributed by atoms with E-state index in [0.29, 0.717) is 16.5 Å². The summed E-state index contributed by atoms with van der Waals surface area (Å²) in [4.78, 5) is 12.9. The van der Waals surface area contributed by atoms with Crippen LogP contribution < -0.4 is 11.1 Å². The highest BCUT2D eigenvalue weighted by Gasteiger charge is 2.19. The van der Waals surface area contributed by atoms with Crippen LogP contribution in [0.5, 0.6) is 0 Å². The molecule has 1 aromatic carbocycles. The van der Waals surface area contributed by atoms with Gasteiger partial charge in [0.2, 0.25) is 0 Å². The summed E-state index contributed by atoms with van der Waals surface area (Å²) >= 11 is 6.85. The minimum Gasteiger partial charge on any atom is -0.397 e. The van der Waals surface area contributed by atoms with Crippen molar-refractivity contribution < 1.29 is 4.79 Å². The van der Waals surface area contributed by atoms with Gasteiger partial charge in [-0.15, -0.1) is 11.3 Å². The number of anilines is 1. The second-order valence-corrected chi connectivity index (χ2v) is 8.04. The first-order chi connectivity index (χ1) is 9.65. The first-order valence-electron chi connectivity index (χ1n) is 6.48. The number of amides is 1. The van der Waals surface area contributed by atoms with Crippen molar-refractivity contribution in [1.29, 1.82) is 0 Å². The largest absolute Gasteiger partial charge is 0.397 e. The summed E-state index contributed by atoms with van der Waals surface area (Å²) in [6, 6.07) is 5.92. The van der Waals surface area contributed by atoms with Gasteiger partial charge in [-0.1, -0.05) is 15.9 Å². The lowest BCUT2D eigenvalue weighted by Gasteiger charge is -2.09. The Hall–Kier alpha value is -0.720. The van der Waals surface area contributed by atoms with Gasteiger partial charge in [-0.25, -0.2) is 0 Å². The molecule has 0 spiro atoms. The molecular weight excluding hydrogens is 356 g/mol. The van der Waals surface area contributed by atoms with E-state index in [2.05, 4.69) is 21.2 Å². The molecule has 1 amide bonds. The molecule has 2 heterocycles. The summed E-state index contributed by atoms with van der Waals surface area (Å²) in [5.74, 6) is 2.92. The van der Waals surface area contributed by atoms with Crippen molar-refractivity contribution in [2.45, 2.75) is 6.42 Å². The highest BCUT2D eigenvalue weighted by molar-refractivity contribution is 9.10. The Morgan fingerprint density at radius 2 is 2.35 bits per heavy atom. The Labute approximate surface area is 134 Å². The highest BCUT2D eigenvalue weighted by Crippen LogP contribution is 2.35. The van der Waals surface area contributed by atoms with E-state index >= 15 is 0 Å². The number of nitrogens with one attached hydrogen (secondary N) is 1. The predicted molar refractivity (Wildman–Crippen MR) is 91.7 cm³/mol. The number of hydrogen-bond acceptors (Lipinski definition) is 4. The van der Waals surface area contributed by atoms with Crippen LogP contribution in [0.15, 0.2) is 22.7 Å². The third-order valence-corrected chi connectivity index (χ3v) is 6.38. The normalized spacial score (nSPS) is 18.6. The number of benzene rings is 1. The molecule has 106 valence electrons. The molecule has 0 bridgehead atoms. The van der Waals surface area contributed by atoms with Crippen LogP contribution in [0.4, 0.5) is 5.69 Å². The van der Waals surface area contributed by atoms with Gasteiger partial charge < -0.3 is 11.1 Å². The van der Waals surface area contributed by atoms with Crippen molar-refractivity contribution in [3.8, 4) is 0 Å². The number of carbonyl (C=O) groups is 1. The number of nitrogens with two attached hydrogens (primary N) is 1. The minimum atomic E-state index is -0.0447. The molecular formula is C14H15BrN2OS2. The number of nitrogen functional groups attached to an aromatic ring is 1. The first-order valence-corrected chi connectivity index (χ1v) is 9.25. The van der Waals surface area contributed by atoms with Crippen LogP contribution in [0.3, 0.4) is 0 Å². The average molecular weight is 371 g/mol. The molecule has 1 aliphatic heterocycles. The summed E-state index contributed by atoms with van der Waals surface area (Å²) in [5, 5.41) is 3.97. The summed E-state index contributed by atoms with van der Waals surface area (Å²) in [6.07, 6.45) is 1.19. The van der Waals surface area contributed by atoms with Crippen molar-refractivity contribution in [3.05, 3.63) is 27.5 Å². The monoisotopic (exact) mass is 370 g/mol. The van der Waals surface area contributed by atoms with E-state index in [1.165, 1.54) is 23.5 Å². The van der Waals surface area contributed by atoms with Crippen LogP contribution in [-0.2, 0) is 0 Å². The van der Waals surface area contributed by atoms with Gasteiger partial charge in [-0.05, 0) is 42.0 Å². The molecule has 2 aromatic rings. The molecule has 1 unspecified atom stereocenters. The second-order valence-electron chi connectivity index (χ2n) is 4.92. The van der Waals surface area contributed by atoms with Gasteiger partial charge in [0.15, 0.2) is 0 Å². The first kappa shape index (κ1) is 14.2. The zero-order valence-corrected chi connectivity index (χ0v) is 14.0. The van der Waals surface area contributed by atoms with Crippen LogP contribution in [0.25, 0.3) is 10.1 Å². The van der Waals surface area contributed by atoms with E-state index in [1.807, 2.05) is 30.0 Å². The van der Waals surface area contributed by atoms with E-state index in [-0.39, 0.29) is 5.91 Å². The van der Waals surface area contributed by atoms with E-state index in [1.54, 1.807) is 0 Å². The van der Waals surface area contributed by atoms with Crippen LogP contribution in [0.2, 0.25) is 0 Å². The van der Waals surface area contributed by atoms with Crippen molar-refractivity contribution >= 4 is 60.7 Å². The molecule has 6 heteroatoms. The van der Waals surface area contributed by atoms with Crippen molar-refractivity contribution in [1.82, 2.24) is 5.32 Å². The fourth-order valence-corrected chi connectivity index (χ4v) is 4.98. The minimum absolute atomic E-state index is 0.0447. The zero-order chi connectivity index (χ0) is 14.1. The number of carbonyl (C=O) groups excluding carboxylic acids is 1. The molecule has 3 nitrogen and oxygen atoms in total. The van der Waals surface area contributed by atoms with Crippen molar-refractivity contribution in [2.24, 2.45) is 5.92 Å². The van der Waals surface area contributed by atoms with Crippen molar-refractivity contribution in [3.63, 3.8) is 0 Å². The number of halogens is 1. The summed E-state index contributed by atoms with van der Waals surface area (Å²) in [6.45, 7) is 0.753. The SMILES string of the molecule is Nc1c(C(=O)NCC2CCSC2)sc2ccc(Br)cc12. The van der Waals surface area contributed by atoms with Crippen LogP contribution in [0.1, 0.15) is 16.1 Å². The molecule has 20 heavy (non-hydrogen) atoms. The van der Waals surface area contributed by atoms with Crippen molar-refractivity contribution in [2.75, 3.05) is 23.8 Å². The smallest absolute Gasteiger partial charge is 0.263 e. The molecule has 1 aliphatic rings. The van der Waals surface area contributed by atoms with E-state index < -0.39 is 0 Å². The van der Waals surface area contributed by atoms with Gasteiger partial charge >= 0.3 is 0 Å². The molecule has 3 N–H and O–H groups in total. The number of hydrogen-bond donors (Lipinski definition) is 2. The Kier molecular flexibility index (Phi) is 4.23. The molecule has 0 aliphatic carbocycles. The maximum Gasteiger partial charge on any atom is 0.263 e. The lowest BCUT2D eigenvalue weighted by molar-refractivity contribution is 0.0953. The summed E-state index contributed by atoms with van der Waals surface area (Å²) in [7, 11) is 0. The molecule has 3 rings (SSSR count). The molecule has 1 atom stereocenters. The summed E-state index contributed by atoms with van der Waals surface area (Å²) in [5.41, 5.74) is 6.70. The van der Waals surface area contributed by atoms with E-state index in [0.717, 1.165) is 26.9 Å². The maximum atomic E-state index is 12.3. The number of thioether (sulfide) groups is 1. The third kappa shape index (κ3) is 2.82. The predicted octanol–water partition coefficient (Wildman–Crippen LogP) is 3.73. The van der Waals surface area contributed by atoms with E-state index in [9.17, 15) is 4.79 Å². The number of fused-ring (bicyclic) bond motifs is 1. The Morgan fingerprint density at radius 1 is 1.50 bits per heavy atom. The standard InChI is InChI=1S/C14H15BrN2OS2/c15-9-1-2-11-10(5-9)12(16)13(20-11)14(18)17-6-8-3-4-19-7-8/h1-2,5,8H,3-4,6-7,16H2,(H,17,18). The summed E-state index contributed by atoms with van der Waals surface area (Å²) < 4.78 is 2.02. The Balaban J connectivity index is 1.78. The second kappa shape index (κ2) is 5.95. The third-order valence-electron chi connectivity index (χ3n) is 3.47. The average Bonchev–Trinajstić information content (AvgIpc) is 3.05. The number of thiophene rings is 1. The van der Waals surface area contributed by atoms with Crippen LogP contribution >= 0.6 is 39.0 Å². The van der Waals surface area contributed by atoms with Gasteiger partial charge in [0.25, 0.3) is 5.91 Å². The Bertz CT molecular complexity index is 650.